The summed E-state index contributed by atoms with van der Waals surface area (Å²) in [7, 11) is 1.48. The van der Waals surface area contributed by atoms with E-state index in [1.54, 1.807) is 24.3 Å². The number of ether oxygens (including phenoxy) is 1. The molecule has 106 valence electrons. The summed E-state index contributed by atoms with van der Waals surface area (Å²) in [6.07, 6.45) is 1.51. The van der Waals surface area contributed by atoms with E-state index in [-0.39, 0.29) is 11.6 Å². The molecule has 0 atom stereocenters. The maximum atomic E-state index is 13.1. The van der Waals surface area contributed by atoms with Gasteiger partial charge in [-0.2, -0.15) is 0 Å². The third-order valence-corrected chi connectivity index (χ3v) is 3.83. The zero-order valence-electron chi connectivity index (χ0n) is 11.1. The molecule has 0 fully saturated rings. The Hall–Kier alpha value is -2.47. The highest BCUT2D eigenvalue weighted by atomic mass is 32.1. The number of hydrogen-bond donors (Lipinski definition) is 1. The number of nitrogens with zero attached hydrogens (tertiary/aromatic N) is 2. The van der Waals surface area contributed by atoms with Gasteiger partial charge in [0.1, 0.15) is 5.82 Å². The number of halogens is 1. The molecule has 0 saturated carbocycles. The van der Waals surface area contributed by atoms with Gasteiger partial charge in [0, 0.05) is 11.8 Å². The molecule has 0 unspecified atom stereocenters. The standard InChI is InChI=1S/C15H11FN2O2S/c1-20-12-4-2-3-9(14(12)19)8-17-15-18-11-6-5-10(16)7-13(11)21-15/h2-8,19H,1H3/b17-8+. The molecule has 3 aromatic rings. The van der Waals surface area contributed by atoms with Gasteiger partial charge in [-0.3, -0.25) is 0 Å². The Bertz CT molecular complexity index is 830. The zero-order valence-corrected chi connectivity index (χ0v) is 11.9. The van der Waals surface area contributed by atoms with Crippen molar-refractivity contribution in [3.8, 4) is 11.5 Å². The number of aromatic nitrogens is 1. The third-order valence-electron chi connectivity index (χ3n) is 2.90. The van der Waals surface area contributed by atoms with E-state index >= 15 is 0 Å². The van der Waals surface area contributed by atoms with Gasteiger partial charge in [0.25, 0.3) is 0 Å². The van der Waals surface area contributed by atoms with Crippen molar-refractivity contribution in [3.05, 3.63) is 47.8 Å². The Morgan fingerprint density at radius 2 is 2.19 bits per heavy atom. The molecule has 4 nitrogen and oxygen atoms in total. The van der Waals surface area contributed by atoms with Crippen molar-refractivity contribution in [1.29, 1.82) is 0 Å². The van der Waals surface area contributed by atoms with Crippen LogP contribution in [-0.2, 0) is 0 Å². The molecular weight excluding hydrogens is 291 g/mol. The van der Waals surface area contributed by atoms with E-state index in [9.17, 15) is 9.50 Å². The molecule has 0 aliphatic rings. The lowest BCUT2D eigenvalue weighted by atomic mass is 10.2. The number of aliphatic imine (C=N–C) groups is 1. The minimum atomic E-state index is -0.299. The average molecular weight is 302 g/mol. The highest BCUT2D eigenvalue weighted by molar-refractivity contribution is 7.22. The number of aromatic hydroxyl groups is 1. The Balaban J connectivity index is 1.94. The molecule has 6 heteroatoms. The summed E-state index contributed by atoms with van der Waals surface area (Å²) in [5.41, 5.74) is 1.23. The summed E-state index contributed by atoms with van der Waals surface area (Å²) in [6, 6.07) is 9.54. The Kier molecular flexibility index (Phi) is 3.53. The molecule has 0 radical (unpaired) electrons. The highest BCUT2D eigenvalue weighted by Crippen LogP contribution is 2.31. The van der Waals surface area contributed by atoms with Crippen LogP contribution in [-0.4, -0.2) is 23.4 Å². The van der Waals surface area contributed by atoms with Gasteiger partial charge in [-0.05, 0) is 30.3 Å². The van der Waals surface area contributed by atoms with Crippen molar-refractivity contribution in [2.45, 2.75) is 0 Å². The van der Waals surface area contributed by atoms with Gasteiger partial charge in [0.05, 0.1) is 17.3 Å². The Morgan fingerprint density at radius 1 is 1.33 bits per heavy atom. The smallest absolute Gasteiger partial charge is 0.210 e. The number of benzene rings is 2. The first-order valence-corrected chi connectivity index (χ1v) is 6.95. The molecule has 0 aliphatic carbocycles. The minimum absolute atomic E-state index is 0.0240. The number of thiazole rings is 1. The number of para-hydroxylation sites is 1. The van der Waals surface area contributed by atoms with Crippen molar-refractivity contribution in [2.24, 2.45) is 4.99 Å². The average Bonchev–Trinajstić information content (AvgIpc) is 2.88. The van der Waals surface area contributed by atoms with Crippen molar-refractivity contribution >= 4 is 32.9 Å². The van der Waals surface area contributed by atoms with E-state index in [4.69, 9.17) is 4.74 Å². The van der Waals surface area contributed by atoms with Crippen LogP contribution in [0.3, 0.4) is 0 Å². The molecule has 1 N–H and O–H groups in total. The summed E-state index contributed by atoms with van der Waals surface area (Å²) >= 11 is 1.28. The molecule has 0 amide bonds. The molecule has 1 heterocycles. The monoisotopic (exact) mass is 302 g/mol. The van der Waals surface area contributed by atoms with E-state index in [2.05, 4.69) is 9.98 Å². The van der Waals surface area contributed by atoms with Crippen LogP contribution in [0.15, 0.2) is 41.4 Å². The summed E-state index contributed by atoms with van der Waals surface area (Å²) in [6.45, 7) is 0. The maximum absolute atomic E-state index is 13.1. The number of phenolic OH excluding ortho intramolecular Hbond substituents is 1. The van der Waals surface area contributed by atoms with E-state index in [1.807, 2.05) is 0 Å². The predicted molar refractivity (Wildman–Crippen MR) is 81.5 cm³/mol. The van der Waals surface area contributed by atoms with Crippen molar-refractivity contribution in [2.75, 3.05) is 7.11 Å². The third kappa shape index (κ3) is 2.71. The van der Waals surface area contributed by atoms with Crippen LogP contribution >= 0.6 is 11.3 Å². The minimum Gasteiger partial charge on any atom is -0.504 e. The lowest BCUT2D eigenvalue weighted by Crippen LogP contribution is -1.87. The quantitative estimate of drug-likeness (QED) is 0.747. The van der Waals surface area contributed by atoms with E-state index in [0.29, 0.717) is 22.0 Å². The van der Waals surface area contributed by atoms with Crippen LogP contribution in [0.2, 0.25) is 0 Å². The lowest BCUT2D eigenvalue weighted by Gasteiger charge is -2.04. The normalized spacial score (nSPS) is 11.3. The molecule has 2 aromatic carbocycles. The summed E-state index contributed by atoms with van der Waals surface area (Å²) < 4.78 is 18.9. The van der Waals surface area contributed by atoms with Crippen molar-refractivity contribution in [3.63, 3.8) is 0 Å². The largest absolute Gasteiger partial charge is 0.504 e. The van der Waals surface area contributed by atoms with Crippen LogP contribution in [0.1, 0.15) is 5.56 Å². The zero-order chi connectivity index (χ0) is 14.8. The van der Waals surface area contributed by atoms with Crippen LogP contribution in [0.4, 0.5) is 9.52 Å². The molecule has 21 heavy (non-hydrogen) atoms. The summed E-state index contributed by atoms with van der Waals surface area (Å²) in [4.78, 5) is 8.51. The summed E-state index contributed by atoms with van der Waals surface area (Å²) in [5.74, 6) is 0.105. The predicted octanol–water partition coefficient (Wildman–Crippen LogP) is 3.90. The van der Waals surface area contributed by atoms with Gasteiger partial charge in [-0.25, -0.2) is 14.4 Å². The van der Waals surface area contributed by atoms with E-state index < -0.39 is 0 Å². The van der Waals surface area contributed by atoms with Gasteiger partial charge in [-0.1, -0.05) is 17.4 Å². The number of methoxy groups -OCH3 is 1. The first kappa shape index (κ1) is 13.5. The Labute approximate surface area is 124 Å². The number of fused-ring (bicyclic) bond motifs is 1. The van der Waals surface area contributed by atoms with E-state index in [0.717, 1.165) is 4.70 Å². The van der Waals surface area contributed by atoms with Crippen molar-refractivity contribution in [1.82, 2.24) is 4.98 Å². The molecule has 0 spiro atoms. The van der Waals surface area contributed by atoms with Gasteiger partial charge < -0.3 is 9.84 Å². The van der Waals surface area contributed by atoms with E-state index in [1.165, 1.54) is 36.8 Å². The van der Waals surface area contributed by atoms with Gasteiger partial charge in [0.15, 0.2) is 11.5 Å². The fraction of sp³-hybridized carbons (Fsp3) is 0.0667. The highest BCUT2D eigenvalue weighted by Gasteiger charge is 2.06. The second-order valence-corrected chi connectivity index (χ2v) is 5.27. The van der Waals surface area contributed by atoms with Crippen LogP contribution in [0.25, 0.3) is 10.2 Å². The van der Waals surface area contributed by atoms with Crippen LogP contribution in [0, 0.1) is 5.82 Å². The molecule has 0 saturated heterocycles. The second kappa shape index (κ2) is 5.49. The summed E-state index contributed by atoms with van der Waals surface area (Å²) in [5, 5.41) is 10.5. The molecule has 1 aromatic heterocycles. The fourth-order valence-electron chi connectivity index (χ4n) is 1.87. The number of rotatable bonds is 3. The van der Waals surface area contributed by atoms with Gasteiger partial charge in [-0.15, -0.1) is 0 Å². The first-order valence-electron chi connectivity index (χ1n) is 6.13. The number of hydrogen-bond acceptors (Lipinski definition) is 5. The topological polar surface area (TPSA) is 54.7 Å². The molecular formula is C15H11FN2O2S. The van der Waals surface area contributed by atoms with Crippen molar-refractivity contribution < 1.29 is 14.2 Å². The molecule has 0 aliphatic heterocycles. The SMILES string of the molecule is COc1cccc(/C=N/c2nc3ccc(F)cc3s2)c1O. The lowest BCUT2D eigenvalue weighted by molar-refractivity contribution is 0.373. The molecule has 0 bridgehead atoms. The maximum Gasteiger partial charge on any atom is 0.210 e. The Morgan fingerprint density at radius 3 is 3.00 bits per heavy atom. The first-order chi connectivity index (χ1) is 10.2. The fourth-order valence-corrected chi connectivity index (χ4v) is 2.71. The second-order valence-electron chi connectivity index (χ2n) is 4.26. The van der Waals surface area contributed by atoms with Crippen LogP contribution in [0.5, 0.6) is 11.5 Å². The van der Waals surface area contributed by atoms with Crippen LogP contribution < -0.4 is 4.74 Å². The van der Waals surface area contributed by atoms with Gasteiger partial charge in [0.2, 0.25) is 5.13 Å². The number of phenols is 1. The molecule has 3 rings (SSSR count). The van der Waals surface area contributed by atoms with Gasteiger partial charge >= 0.3 is 0 Å².